The Morgan fingerprint density at radius 1 is 1.37 bits per heavy atom. The third kappa shape index (κ3) is 4.67. The van der Waals surface area contributed by atoms with Gasteiger partial charge in [0.2, 0.25) is 5.91 Å². The first-order chi connectivity index (χ1) is 13.0. The van der Waals surface area contributed by atoms with Gasteiger partial charge in [-0.15, -0.1) is 0 Å². The van der Waals surface area contributed by atoms with E-state index in [9.17, 15) is 9.59 Å². The molecule has 2 heterocycles. The van der Waals surface area contributed by atoms with Crippen molar-refractivity contribution in [3.8, 4) is 5.75 Å². The largest absolute Gasteiger partial charge is 0.497 e. The van der Waals surface area contributed by atoms with Gasteiger partial charge in [0.05, 0.1) is 13.2 Å². The highest BCUT2D eigenvalue weighted by atomic mass is 16.5. The van der Waals surface area contributed by atoms with Crippen LogP contribution in [0.2, 0.25) is 0 Å². The molecular weight excluding hydrogens is 344 g/mol. The molecule has 2 aromatic rings. The van der Waals surface area contributed by atoms with E-state index in [0.29, 0.717) is 25.2 Å². The average molecular weight is 370 g/mol. The first-order valence-electron chi connectivity index (χ1n) is 9.23. The number of carbonyl (C=O) groups excluding carboxylic acids is 2. The Morgan fingerprint density at radius 3 is 2.74 bits per heavy atom. The number of likely N-dealkylation sites (tertiary alicyclic amines) is 1. The predicted octanol–water partition coefficient (Wildman–Crippen LogP) is 2.12. The molecule has 27 heavy (non-hydrogen) atoms. The molecule has 2 N–H and O–H groups in total. The number of ether oxygens (including phenoxy) is 1. The van der Waals surface area contributed by atoms with Crippen molar-refractivity contribution in [2.45, 2.75) is 38.6 Å². The molecule has 1 atom stereocenters. The zero-order valence-corrected chi connectivity index (χ0v) is 16.0. The van der Waals surface area contributed by atoms with E-state index >= 15 is 0 Å². The molecule has 7 nitrogen and oxygen atoms in total. The first kappa shape index (κ1) is 18.9. The number of hydrogen-bond donors (Lipinski definition) is 2. The Kier molecular flexibility index (Phi) is 5.78. The maximum absolute atomic E-state index is 12.4. The van der Waals surface area contributed by atoms with Crippen LogP contribution >= 0.6 is 0 Å². The van der Waals surface area contributed by atoms with Gasteiger partial charge in [-0.05, 0) is 36.1 Å². The van der Waals surface area contributed by atoms with E-state index in [4.69, 9.17) is 4.74 Å². The van der Waals surface area contributed by atoms with Crippen LogP contribution in [-0.4, -0.2) is 53.2 Å². The summed E-state index contributed by atoms with van der Waals surface area (Å²) in [6, 6.07) is 9.42. The van der Waals surface area contributed by atoms with Crippen molar-refractivity contribution in [1.82, 2.24) is 20.4 Å². The summed E-state index contributed by atoms with van der Waals surface area (Å²) in [6.07, 6.45) is 1.10. The number of carbonyl (C=O) groups is 2. The Morgan fingerprint density at radius 2 is 2.11 bits per heavy atom. The molecule has 0 saturated carbocycles. The monoisotopic (exact) mass is 370 g/mol. The molecule has 144 valence electrons. The minimum Gasteiger partial charge on any atom is -0.497 e. The molecule has 1 saturated heterocycles. The topological polar surface area (TPSA) is 87.3 Å². The van der Waals surface area contributed by atoms with Gasteiger partial charge in [0, 0.05) is 25.2 Å². The molecule has 0 radical (unpaired) electrons. The number of H-pyrrole nitrogens is 1. The van der Waals surface area contributed by atoms with Gasteiger partial charge in [0.1, 0.15) is 11.4 Å². The summed E-state index contributed by atoms with van der Waals surface area (Å²) in [5.41, 5.74) is 2.43. The molecule has 7 heteroatoms. The molecule has 1 aliphatic rings. The van der Waals surface area contributed by atoms with Crippen LogP contribution in [0.4, 0.5) is 0 Å². The number of amides is 2. The number of nitrogens with one attached hydrogen (secondary N) is 2. The van der Waals surface area contributed by atoms with Crippen LogP contribution < -0.4 is 10.1 Å². The van der Waals surface area contributed by atoms with E-state index in [2.05, 4.69) is 15.5 Å². The Bertz CT molecular complexity index is 798. The number of hydrogen-bond acceptors (Lipinski definition) is 4. The molecule has 1 aliphatic heterocycles. The molecule has 0 unspecified atom stereocenters. The molecule has 0 aliphatic carbocycles. The van der Waals surface area contributed by atoms with Gasteiger partial charge in [-0.1, -0.05) is 26.0 Å². The fourth-order valence-corrected chi connectivity index (χ4v) is 3.15. The summed E-state index contributed by atoms with van der Waals surface area (Å²) < 4.78 is 5.15. The average Bonchev–Trinajstić information content (AvgIpc) is 3.27. The van der Waals surface area contributed by atoms with Gasteiger partial charge < -0.3 is 15.0 Å². The first-order valence-corrected chi connectivity index (χ1v) is 9.23. The lowest BCUT2D eigenvalue weighted by molar-refractivity contribution is -0.127. The lowest BCUT2D eigenvalue weighted by Gasteiger charge is -2.17. The quantitative estimate of drug-likeness (QED) is 0.781. The van der Waals surface area contributed by atoms with E-state index in [1.54, 1.807) is 18.1 Å². The third-order valence-corrected chi connectivity index (χ3v) is 4.83. The summed E-state index contributed by atoms with van der Waals surface area (Å²) in [5, 5.41) is 9.86. The standard InChI is InChI=1S/C20H26N4O3/c1-13(2)17-11-18(23-22-17)20(26)21-15-10-19(25)24(12-15)9-8-14-4-6-16(27-3)7-5-14/h4-7,11,13,15H,8-10,12H2,1-3H3,(H,21,26)(H,22,23)/t15-/m0/s1. The van der Waals surface area contributed by atoms with E-state index in [1.165, 1.54) is 0 Å². The molecule has 1 aromatic heterocycles. The van der Waals surface area contributed by atoms with Gasteiger partial charge >= 0.3 is 0 Å². The van der Waals surface area contributed by atoms with Crippen LogP contribution in [-0.2, 0) is 11.2 Å². The zero-order valence-electron chi connectivity index (χ0n) is 16.0. The molecule has 3 rings (SSSR count). The Hall–Kier alpha value is -2.83. The highest BCUT2D eigenvalue weighted by Gasteiger charge is 2.30. The number of aromatic amines is 1. The van der Waals surface area contributed by atoms with Crippen LogP contribution in [0.15, 0.2) is 30.3 Å². The smallest absolute Gasteiger partial charge is 0.272 e. The zero-order chi connectivity index (χ0) is 19.4. The van der Waals surface area contributed by atoms with Crippen molar-refractivity contribution in [2.24, 2.45) is 0 Å². The van der Waals surface area contributed by atoms with Crippen molar-refractivity contribution < 1.29 is 14.3 Å². The lowest BCUT2D eigenvalue weighted by atomic mass is 10.1. The Labute approximate surface area is 159 Å². The van der Waals surface area contributed by atoms with Crippen LogP contribution in [0.1, 0.15) is 47.9 Å². The van der Waals surface area contributed by atoms with Crippen molar-refractivity contribution in [2.75, 3.05) is 20.2 Å². The van der Waals surface area contributed by atoms with Crippen LogP contribution in [0.25, 0.3) is 0 Å². The van der Waals surface area contributed by atoms with Crippen LogP contribution in [0, 0.1) is 0 Å². The minimum absolute atomic E-state index is 0.0682. The second-order valence-corrected chi connectivity index (χ2v) is 7.18. The van der Waals surface area contributed by atoms with Crippen molar-refractivity contribution in [3.63, 3.8) is 0 Å². The fraction of sp³-hybridized carbons (Fsp3) is 0.450. The highest BCUT2D eigenvalue weighted by molar-refractivity contribution is 5.93. The SMILES string of the molecule is COc1ccc(CCN2C[C@@H](NC(=O)c3cc(C(C)C)[nH]n3)CC2=O)cc1. The van der Waals surface area contributed by atoms with Crippen molar-refractivity contribution >= 4 is 11.8 Å². The third-order valence-electron chi connectivity index (χ3n) is 4.83. The summed E-state index contributed by atoms with van der Waals surface area (Å²) in [4.78, 5) is 26.4. The molecule has 1 aromatic carbocycles. The van der Waals surface area contributed by atoms with Gasteiger partial charge in [0.25, 0.3) is 5.91 Å². The van der Waals surface area contributed by atoms with Gasteiger partial charge in [-0.25, -0.2) is 0 Å². The van der Waals surface area contributed by atoms with Crippen LogP contribution in [0.3, 0.4) is 0 Å². The maximum Gasteiger partial charge on any atom is 0.272 e. The number of aromatic nitrogens is 2. The molecule has 0 bridgehead atoms. The molecule has 1 fully saturated rings. The summed E-state index contributed by atoms with van der Waals surface area (Å²) >= 11 is 0. The van der Waals surface area contributed by atoms with E-state index in [1.807, 2.05) is 38.1 Å². The normalized spacial score (nSPS) is 16.8. The van der Waals surface area contributed by atoms with Gasteiger partial charge in [-0.3, -0.25) is 14.7 Å². The molecule has 2 amide bonds. The van der Waals surface area contributed by atoms with E-state index in [-0.39, 0.29) is 23.8 Å². The van der Waals surface area contributed by atoms with Gasteiger partial charge in [0.15, 0.2) is 0 Å². The minimum atomic E-state index is -0.243. The number of methoxy groups -OCH3 is 1. The second kappa shape index (κ2) is 8.24. The molecular formula is C20H26N4O3. The molecule has 0 spiro atoms. The van der Waals surface area contributed by atoms with Crippen molar-refractivity contribution in [3.05, 3.63) is 47.3 Å². The van der Waals surface area contributed by atoms with Crippen molar-refractivity contribution in [1.29, 1.82) is 0 Å². The summed E-state index contributed by atoms with van der Waals surface area (Å²) in [5.74, 6) is 0.921. The van der Waals surface area contributed by atoms with Gasteiger partial charge in [-0.2, -0.15) is 5.10 Å². The highest BCUT2D eigenvalue weighted by Crippen LogP contribution is 2.16. The number of nitrogens with zero attached hydrogens (tertiary/aromatic N) is 2. The lowest BCUT2D eigenvalue weighted by Crippen LogP contribution is -2.37. The number of rotatable bonds is 7. The predicted molar refractivity (Wildman–Crippen MR) is 102 cm³/mol. The number of benzene rings is 1. The summed E-state index contributed by atoms with van der Waals surface area (Å²) in [6.45, 7) is 5.23. The fourth-order valence-electron chi connectivity index (χ4n) is 3.15. The van der Waals surface area contributed by atoms with Crippen LogP contribution in [0.5, 0.6) is 5.75 Å². The van der Waals surface area contributed by atoms with E-state index < -0.39 is 0 Å². The Balaban J connectivity index is 1.51. The maximum atomic E-state index is 12.4. The van der Waals surface area contributed by atoms with E-state index in [0.717, 1.165) is 23.4 Å². The summed E-state index contributed by atoms with van der Waals surface area (Å²) in [7, 11) is 1.64. The second-order valence-electron chi connectivity index (χ2n) is 7.18.